The van der Waals surface area contributed by atoms with Crippen LogP contribution in [0.15, 0.2) is 47.3 Å². The van der Waals surface area contributed by atoms with E-state index in [1.807, 2.05) is 0 Å². The van der Waals surface area contributed by atoms with Gasteiger partial charge in [0.25, 0.3) is 5.56 Å². The summed E-state index contributed by atoms with van der Waals surface area (Å²) in [6.07, 6.45) is -4.66. The topological polar surface area (TPSA) is 90.0 Å². The van der Waals surface area contributed by atoms with Gasteiger partial charge in [-0.25, -0.2) is 14.2 Å². The third kappa shape index (κ3) is 3.73. The first kappa shape index (κ1) is 18.4. The molecule has 2 aromatic carbocycles. The minimum absolute atomic E-state index is 0.259. The van der Waals surface area contributed by atoms with Gasteiger partial charge in [-0.15, -0.1) is 0 Å². The van der Waals surface area contributed by atoms with Gasteiger partial charge in [0, 0.05) is 5.56 Å². The molecule has 0 fully saturated rings. The van der Waals surface area contributed by atoms with Gasteiger partial charge < -0.3 is 5.73 Å². The lowest BCUT2D eigenvalue weighted by Crippen LogP contribution is -2.30. The number of amides is 2. The van der Waals surface area contributed by atoms with E-state index in [4.69, 9.17) is 5.73 Å². The van der Waals surface area contributed by atoms with Gasteiger partial charge >= 0.3 is 12.2 Å². The molecule has 0 radical (unpaired) electrons. The molecule has 140 valence electrons. The quantitative estimate of drug-likeness (QED) is 0.684. The van der Waals surface area contributed by atoms with Crippen molar-refractivity contribution in [3.8, 4) is 0 Å². The van der Waals surface area contributed by atoms with E-state index in [-0.39, 0.29) is 16.6 Å². The van der Waals surface area contributed by atoms with Gasteiger partial charge in [0.05, 0.1) is 23.1 Å². The maximum Gasteiger partial charge on any atom is 0.416 e. The fourth-order valence-electron chi connectivity index (χ4n) is 2.59. The number of rotatable bonds is 3. The highest BCUT2D eigenvalue weighted by Crippen LogP contribution is 2.30. The monoisotopic (exact) mass is 380 g/mol. The standard InChI is InChI=1S/C17H12F4N4O2/c18-11-6-5-10(17(19,20)21)7-9(11)8-25-13-4-2-1-3-12(13)23-14(15(25)26)24-16(22)27/h1-7H,8H2,(H3,22,23,24,27). The van der Waals surface area contributed by atoms with Gasteiger partial charge in [0.1, 0.15) is 5.82 Å². The molecular formula is C17H12F4N4O2. The molecule has 0 bridgehead atoms. The maximum atomic E-state index is 14.1. The van der Waals surface area contributed by atoms with Crippen molar-refractivity contribution in [2.75, 3.05) is 5.32 Å². The molecular weight excluding hydrogens is 368 g/mol. The summed E-state index contributed by atoms with van der Waals surface area (Å²) in [6.45, 7) is -0.495. The summed E-state index contributed by atoms with van der Waals surface area (Å²) in [5.74, 6) is -1.31. The molecule has 6 nitrogen and oxygen atoms in total. The Kier molecular flexibility index (Phi) is 4.56. The van der Waals surface area contributed by atoms with Gasteiger partial charge in [-0.05, 0) is 30.3 Å². The van der Waals surface area contributed by atoms with Crippen LogP contribution in [0.1, 0.15) is 11.1 Å². The van der Waals surface area contributed by atoms with Crippen molar-refractivity contribution in [3.05, 3.63) is 69.8 Å². The number of halogens is 4. The highest BCUT2D eigenvalue weighted by molar-refractivity contribution is 5.88. The van der Waals surface area contributed by atoms with Crippen LogP contribution in [-0.2, 0) is 12.7 Å². The van der Waals surface area contributed by atoms with Crippen molar-refractivity contribution in [2.45, 2.75) is 12.7 Å². The van der Waals surface area contributed by atoms with E-state index in [9.17, 15) is 27.2 Å². The van der Waals surface area contributed by atoms with E-state index >= 15 is 0 Å². The summed E-state index contributed by atoms with van der Waals surface area (Å²) in [4.78, 5) is 27.7. The van der Waals surface area contributed by atoms with E-state index in [0.29, 0.717) is 18.2 Å². The maximum absolute atomic E-state index is 14.1. The summed E-state index contributed by atoms with van der Waals surface area (Å²) in [7, 11) is 0. The molecule has 0 aliphatic heterocycles. The molecule has 1 heterocycles. The van der Waals surface area contributed by atoms with Crippen LogP contribution in [0.5, 0.6) is 0 Å². The average molecular weight is 380 g/mol. The predicted molar refractivity (Wildman–Crippen MR) is 89.7 cm³/mol. The second-order valence-corrected chi connectivity index (χ2v) is 5.63. The zero-order valence-corrected chi connectivity index (χ0v) is 13.5. The summed E-state index contributed by atoms with van der Waals surface area (Å²) in [5, 5.41) is 2.06. The van der Waals surface area contributed by atoms with Crippen molar-refractivity contribution in [1.82, 2.24) is 9.55 Å². The molecule has 0 atom stereocenters. The highest BCUT2D eigenvalue weighted by atomic mass is 19.4. The van der Waals surface area contributed by atoms with Crippen LogP contribution < -0.4 is 16.6 Å². The van der Waals surface area contributed by atoms with E-state index in [0.717, 1.165) is 4.57 Å². The fourth-order valence-corrected chi connectivity index (χ4v) is 2.59. The second-order valence-electron chi connectivity index (χ2n) is 5.63. The molecule has 0 saturated carbocycles. The molecule has 3 rings (SSSR count). The lowest BCUT2D eigenvalue weighted by atomic mass is 10.1. The molecule has 0 unspecified atom stereocenters. The van der Waals surface area contributed by atoms with Gasteiger partial charge in [-0.1, -0.05) is 12.1 Å². The number of nitrogens with one attached hydrogen (secondary N) is 1. The summed E-state index contributed by atoms with van der Waals surface area (Å²) < 4.78 is 53.9. The number of primary amides is 1. The summed E-state index contributed by atoms with van der Waals surface area (Å²) >= 11 is 0. The number of para-hydroxylation sites is 2. The number of alkyl halides is 3. The summed E-state index contributed by atoms with van der Waals surface area (Å²) in [5.41, 5.74) is 3.33. The molecule has 0 aliphatic carbocycles. The first-order chi connectivity index (χ1) is 12.7. The van der Waals surface area contributed by atoms with Crippen molar-refractivity contribution in [2.24, 2.45) is 5.73 Å². The zero-order valence-electron chi connectivity index (χ0n) is 13.5. The van der Waals surface area contributed by atoms with Gasteiger partial charge in [-0.3, -0.25) is 14.7 Å². The number of aromatic nitrogens is 2. The number of anilines is 1. The largest absolute Gasteiger partial charge is 0.416 e. The van der Waals surface area contributed by atoms with E-state index in [1.165, 1.54) is 12.1 Å². The highest BCUT2D eigenvalue weighted by Gasteiger charge is 2.31. The normalized spacial score (nSPS) is 11.6. The Labute approximate surface area is 149 Å². The molecule has 1 aromatic heterocycles. The van der Waals surface area contributed by atoms with Crippen LogP contribution in [0.25, 0.3) is 11.0 Å². The zero-order chi connectivity index (χ0) is 19.8. The van der Waals surface area contributed by atoms with Gasteiger partial charge in [-0.2, -0.15) is 13.2 Å². The Bertz CT molecular complexity index is 1090. The van der Waals surface area contributed by atoms with Crippen molar-refractivity contribution < 1.29 is 22.4 Å². The Morgan fingerprint density at radius 1 is 1.19 bits per heavy atom. The van der Waals surface area contributed by atoms with Crippen molar-refractivity contribution in [1.29, 1.82) is 0 Å². The molecule has 2 amide bonds. The number of fused-ring (bicyclic) bond motifs is 1. The lowest BCUT2D eigenvalue weighted by molar-refractivity contribution is -0.137. The fraction of sp³-hybridized carbons (Fsp3) is 0.118. The third-order valence-corrected chi connectivity index (χ3v) is 3.80. The van der Waals surface area contributed by atoms with Crippen LogP contribution in [0.2, 0.25) is 0 Å². The molecule has 3 aromatic rings. The predicted octanol–water partition coefficient (Wildman–Crippen LogP) is 3.09. The molecule has 10 heteroatoms. The van der Waals surface area contributed by atoms with E-state index < -0.39 is 41.5 Å². The third-order valence-electron chi connectivity index (χ3n) is 3.80. The SMILES string of the molecule is NC(=O)Nc1nc2ccccc2n(Cc2cc(C(F)(F)F)ccc2F)c1=O. The minimum atomic E-state index is -4.66. The average Bonchev–Trinajstić information content (AvgIpc) is 2.58. The number of carbonyl (C=O) groups is 1. The van der Waals surface area contributed by atoms with Crippen LogP contribution in [0, 0.1) is 5.82 Å². The van der Waals surface area contributed by atoms with Gasteiger partial charge in [0.2, 0.25) is 5.82 Å². The number of hydrogen-bond donors (Lipinski definition) is 2. The Morgan fingerprint density at radius 2 is 1.89 bits per heavy atom. The van der Waals surface area contributed by atoms with Crippen LogP contribution in [0.4, 0.5) is 28.2 Å². The number of nitrogens with zero attached hydrogens (tertiary/aromatic N) is 2. The van der Waals surface area contributed by atoms with E-state index in [1.54, 1.807) is 12.1 Å². The second kappa shape index (κ2) is 6.71. The molecule has 0 saturated heterocycles. The Balaban J connectivity index is 2.19. The van der Waals surface area contributed by atoms with Crippen LogP contribution >= 0.6 is 0 Å². The molecule has 0 aliphatic rings. The molecule has 27 heavy (non-hydrogen) atoms. The van der Waals surface area contributed by atoms with Crippen molar-refractivity contribution >= 4 is 22.9 Å². The molecule has 3 N–H and O–H groups in total. The Hall–Kier alpha value is -3.43. The first-order valence-electron chi connectivity index (χ1n) is 7.58. The molecule has 0 spiro atoms. The van der Waals surface area contributed by atoms with Gasteiger partial charge in [0.15, 0.2) is 0 Å². The number of nitrogens with two attached hydrogens (primary N) is 1. The van der Waals surface area contributed by atoms with E-state index in [2.05, 4.69) is 10.3 Å². The van der Waals surface area contributed by atoms with Crippen molar-refractivity contribution in [3.63, 3.8) is 0 Å². The van der Waals surface area contributed by atoms with Crippen LogP contribution in [-0.4, -0.2) is 15.6 Å². The first-order valence-corrected chi connectivity index (χ1v) is 7.58. The minimum Gasteiger partial charge on any atom is -0.351 e. The summed E-state index contributed by atoms with van der Waals surface area (Å²) in [6, 6.07) is 7.14. The number of benzene rings is 2. The number of carbonyl (C=O) groups excluding carboxylic acids is 1. The Morgan fingerprint density at radius 3 is 2.56 bits per heavy atom. The van der Waals surface area contributed by atoms with Crippen LogP contribution in [0.3, 0.4) is 0 Å². The number of hydrogen-bond acceptors (Lipinski definition) is 3. The smallest absolute Gasteiger partial charge is 0.351 e. The number of urea groups is 1. The lowest BCUT2D eigenvalue weighted by Gasteiger charge is -2.14.